The Balaban J connectivity index is 2.07. The summed E-state index contributed by atoms with van der Waals surface area (Å²) in [6.07, 6.45) is 5.33. The Hall–Kier alpha value is -2.96. The maximum atomic E-state index is 11.8. The Bertz CT molecular complexity index is 1040. The Morgan fingerprint density at radius 2 is 2.05 bits per heavy atom. The third-order valence-corrected chi connectivity index (χ3v) is 3.59. The van der Waals surface area contributed by atoms with E-state index in [0.717, 1.165) is 22.3 Å². The third kappa shape index (κ3) is 1.67. The fraction of sp³-hybridized carbons (Fsp3) is 0.143. The molecule has 0 bridgehead atoms. The number of rotatable bonds is 1. The summed E-state index contributed by atoms with van der Waals surface area (Å²) in [5, 5.41) is 4.14. The van der Waals surface area contributed by atoms with E-state index < -0.39 is 0 Å². The summed E-state index contributed by atoms with van der Waals surface area (Å²) in [6, 6.07) is 3.74. The van der Waals surface area contributed by atoms with Crippen LogP contribution in [-0.4, -0.2) is 29.3 Å². The average molecular weight is 280 g/mol. The molecule has 21 heavy (non-hydrogen) atoms. The molecule has 0 radical (unpaired) electrons. The summed E-state index contributed by atoms with van der Waals surface area (Å²) >= 11 is 0. The van der Waals surface area contributed by atoms with Gasteiger partial charge in [-0.3, -0.25) is 14.2 Å². The molecule has 3 aromatic heterocycles. The molecular weight excluding hydrogens is 268 g/mol. The summed E-state index contributed by atoms with van der Waals surface area (Å²) in [5.41, 5.74) is 4.41. The van der Waals surface area contributed by atoms with Crippen LogP contribution in [0.3, 0.4) is 0 Å². The first kappa shape index (κ1) is 11.8. The molecule has 0 aliphatic rings. The zero-order chi connectivity index (χ0) is 14.6. The number of H-pyrrole nitrogens is 1. The molecule has 0 spiro atoms. The Morgan fingerprint density at radius 1 is 1.19 bits per heavy atom. The van der Waals surface area contributed by atoms with Crippen molar-refractivity contribution in [3.8, 4) is 11.3 Å². The molecule has 0 saturated carbocycles. The summed E-state index contributed by atoms with van der Waals surface area (Å²) in [6.45, 7) is 0. The number of aromatic amines is 1. The minimum absolute atomic E-state index is 0.161. The predicted octanol–water partition coefficient (Wildman–Crippen LogP) is 1.21. The Morgan fingerprint density at radius 3 is 2.81 bits per heavy atom. The quantitative estimate of drug-likeness (QED) is 0.568. The standard InChI is InChI=1S/C14H12N6O/c1-19-7-8(5-16-19)10-6-15-9-3-4-11-13(12(9)17-10)18-14(21)20(11)2/h3-7H,1-2H3,(H,18,21). The molecule has 0 aliphatic heterocycles. The average Bonchev–Trinajstić information content (AvgIpc) is 3.04. The minimum Gasteiger partial charge on any atom is -0.304 e. The van der Waals surface area contributed by atoms with Crippen molar-refractivity contribution in [2.24, 2.45) is 14.1 Å². The van der Waals surface area contributed by atoms with E-state index in [9.17, 15) is 4.79 Å². The van der Waals surface area contributed by atoms with Crippen LogP contribution in [0.4, 0.5) is 0 Å². The lowest BCUT2D eigenvalue weighted by Crippen LogP contribution is -2.11. The van der Waals surface area contributed by atoms with Crippen LogP contribution in [0.15, 0.2) is 35.5 Å². The molecule has 0 unspecified atom stereocenters. The second kappa shape index (κ2) is 4.02. The molecule has 0 amide bonds. The lowest BCUT2D eigenvalue weighted by molar-refractivity contribution is 0.768. The van der Waals surface area contributed by atoms with Crippen LogP contribution in [0.2, 0.25) is 0 Å². The molecule has 0 fully saturated rings. The van der Waals surface area contributed by atoms with Crippen LogP contribution in [0.5, 0.6) is 0 Å². The summed E-state index contributed by atoms with van der Waals surface area (Å²) < 4.78 is 3.28. The van der Waals surface area contributed by atoms with Gasteiger partial charge >= 0.3 is 5.69 Å². The van der Waals surface area contributed by atoms with E-state index in [2.05, 4.69) is 20.1 Å². The molecule has 4 rings (SSSR count). The van der Waals surface area contributed by atoms with Crippen LogP contribution < -0.4 is 5.69 Å². The Labute approximate surface area is 118 Å². The number of benzene rings is 1. The zero-order valence-corrected chi connectivity index (χ0v) is 11.5. The lowest BCUT2D eigenvalue weighted by Gasteiger charge is -2.01. The van der Waals surface area contributed by atoms with Crippen molar-refractivity contribution in [2.75, 3.05) is 0 Å². The number of aromatic nitrogens is 6. The van der Waals surface area contributed by atoms with Crippen molar-refractivity contribution in [1.82, 2.24) is 29.3 Å². The summed E-state index contributed by atoms with van der Waals surface area (Å²) in [7, 11) is 3.58. The first-order valence-electron chi connectivity index (χ1n) is 6.47. The predicted molar refractivity (Wildman–Crippen MR) is 78.8 cm³/mol. The molecule has 0 aliphatic carbocycles. The minimum atomic E-state index is -0.161. The highest BCUT2D eigenvalue weighted by molar-refractivity contribution is 6.00. The van der Waals surface area contributed by atoms with Gasteiger partial charge in [0.15, 0.2) is 0 Å². The lowest BCUT2D eigenvalue weighted by atomic mass is 10.2. The van der Waals surface area contributed by atoms with E-state index in [0.29, 0.717) is 11.0 Å². The number of hydrogen-bond donors (Lipinski definition) is 1. The number of aryl methyl sites for hydroxylation is 2. The SMILES string of the molecule is Cn1cc(-c2cnc3ccc4c([nH]c(=O)n4C)c3n2)cn1. The van der Waals surface area contributed by atoms with Gasteiger partial charge in [-0.25, -0.2) is 9.78 Å². The van der Waals surface area contributed by atoms with Gasteiger partial charge < -0.3 is 4.98 Å². The van der Waals surface area contributed by atoms with Crippen molar-refractivity contribution in [2.45, 2.75) is 0 Å². The number of nitrogens with one attached hydrogen (secondary N) is 1. The van der Waals surface area contributed by atoms with Gasteiger partial charge in [-0.2, -0.15) is 5.10 Å². The number of fused-ring (bicyclic) bond motifs is 3. The zero-order valence-electron chi connectivity index (χ0n) is 11.5. The number of imidazole rings is 1. The summed E-state index contributed by atoms with van der Waals surface area (Å²) in [5.74, 6) is 0. The Kier molecular flexibility index (Phi) is 2.26. The molecule has 104 valence electrons. The van der Waals surface area contributed by atoms with Crippen LogP contribution in [-0.2, 0) is 14.1 Å². The molecule has 1 N–H and O–H groups in total. The number of nitrogens with zero attached hydrogens (tertiary/aromatic N) is 5. The first-order valence-corrected chi connectivity index (χ1v) is 6.47. The third-order valence-electron chi connectivity index (χ3n) is 3.59. The van der Waals surface area contributed by atoms with E-state index in [1.807, 2.05) is 25.4 Å². The van der Waals surface area contributed by atoms with Crippen LogP contribution >= 0.6 is 0 Å². The van der Waals surface area contributed by atoms with Gasteiger partial charge in [0.05, 0.1) is 34.6 Å². The molecule has 4 aromatic rings. The second-order valence-corrected chi connectivity index (χ2v) is 4.97. The van der Waals surface area contributed by atoms with Crippen molar-refractivity contribution >= 4 is 22.1 Å². The normalized spacial score (nSPS) is 11.5. The van der Waals surface area contributed by atoms with Gasteiger partial charge in [0.2, 0.25) is 0 Å². The summed E-state index contributed by atoms with van der Waals surface area (Å²) in [4.78, 5) is 23.7. The van der Waals surface area contributed by atoms with E-state index in [1.54, 1.807) is 28.7 Å². The molecule has 7 nitrogen and oxygen atoms in total. The highest BCUT2D eigenvalue weighted by atomic mass is 16.1. The smallest absolute Gasteiger partial charge is 0.304 e. The maximum absolute atomic E-state index is 11.8. The molecule has 7 heteroatoms. The molecule has 0 atom stereocenters. The second-order valence-electron chi connectivity index (χ2n) is 4.97. The molecule has 1 aromatic carbocycles. The van der Waals surface area contributed by atoms with Gasteiger partial charge in [0.1, 0.15) is 5.52 Å². The highest BCUT2D eigenvalue weighted by Crippen LogP contribution is 2.23. The molecule has 3 heterocycles. The fourth-order valence-electron chi connectivity index (χ4n) is 2.46. The van der Waals surface area contributed by atoms with E-state index in [4.69, 9.17) is 0 Å². The van der Waals surface area contributed by atoms with Crippen LogP contribution in [0.1, 0.15) is 0 Å². The van der Waals surface area contributed by atoms with E-state index >= 15 is 0 Å². The number of hydrogen-bond acceptors (Lipinski definition) is 4. The van der Waals surface area contributed by atoms with Crippen LogP contribution in [0.25, 0.3) is 33.3 Å². The monoisotopic (exact) mass is 280 g/mol. The van der Waals surface area contributed by atoms with Crippen LogP contribution in [0, 0.1) is 0 Å². The van der Waals surface area contributed by atoms with Gasteiger partial charge in [-0.05, 0) is 12.1 Å². The van der Waals surface area contributed by atoms with Gasteiger partial charge in [-0.15, -0.1) is 0 Å². The maximum Gasteiger partial charge on any atom is 0.326 e. The van der Waals surface area contributed by atoms with Crippen molar-refractivity contribution in [1.29, 1.82) is 0 Å². The van der Waals surface area contributed by atoms with Crippen molar-refractivity contribution < 1.29 is 0 Å². The van der Waals surface area contributed by atoms with Gasteiger partial charge in [-0.1, -0.05) is 0 Å². The van der Waals surface area contributed by atoms with Gasteiger partial charge in [0, 0.05) is 25.9 Å². The topological polar surface area (TPSA) is 81.4 Å². The van der Waals surface area contributed by atoms with E-state index in [1.165, 1.54) is 0 Å². The van der Waals surface area contributed by atoms with E-state index in [-0.39, 0.29) is 5.69 Å². The fourth-order valence-corrected chi connectivity index (χ4v) is 2.46. The highest BCUT2D eigenvalue weighted by Gasteiger charge is 2.11. The first-order chi connectivity index (χ1) is 10.1. The van der Waals surface area contributed by atoms with Crippen molar-refractivity contribution in [3.63, 3.8) is 0 Å². The molecule has 0 saturated heterocycles. The molecular formula is C14H12N6O. The van der Waals surface area contributed by atoms with Gasteiger partial charge in [0.25, 0.3) is 0 Å². The largest absolute Gasteiger partial charge is 0.326 e. The van der Waals surface area contributed by atoms with Crippen molar-refractivity contribution in [3.05, 3.63) is 41.2 Å².